The summed E-state index contributed by atoms with van der Waals surface area (Å²) in [4.78, 5) is 10.6. The smallest absolute Gasteiger partial charge is 0.313 e. The van der Waals surface area contributed by atoms with Crippen molar-refractivity contribution in [2.75, 3.05) is 11.1 Å². The molecule has 1 aliphatic carbocycles. The molecule has 2 aromatic rings. The molecule has 0 saturated heterocycles. The number of carbonyl (C=O) groups is 1. The fourth-order valence-electron chi connectivity index (χ4n) is 2.50. The summed E-state index contributed by atoms with van der Waals surface area (Å²) >= 11 is 2.61. The largest absolute Gasteiger partial charge is 0.481 e. The number of aryl methyl sites for hydroxylation is 1. The van der Waals surface area contributed by atoms with E-state index in [1.54, 1.807) is 0 Å². The van der Waals surface area contributed by atoms with E-state index in [0.29, 0.717) is 4.34 Å². The van der Waals surface area contributed by atoms with Crippen molar-refractivity contribution in [1.82, 2.24) is 10.2 Å². The number of carboxylic acid groups (broad SMARTS) is 1. The molecule has 7 heteroatoms. The van der Waals surface area contributed by atoms with Gasteiger partial charge in [-0.1, -0.05) is 47.4 Å². The number of hydrogen-bond donors (Lipinski definition) is 2. The number of aromatic nitrogens is 2. The summed E-state index contributed by atoms with van der Waals surface area (Å²) < 4.78 is 0.684. The van der Waals surface area contributed by atoms with Gasteiger partial charge in [-0.15, -0.1) is 10.2 Å². The number of aliphatic carboxylic acids is 1. The molecule has 1 aliphatic rings. The van der Waals surface area contributed by atoms with Gasteiger partial charge in [0.2, 0.25) is 5.13 Å². The van der Waals surface area contributed by atoms with Gasteiger partial charge in [0.25, 0.3) is 0 Å². The van der Waals surface area contributed by atoms with Gasteiger partial charge < -0.3 is 10.4 Å². The van der Waals surface area contributed by atoms with Crippen molar-refractivity contribution in [3.63, 3.8) is 0 Å². The fraction of sp³-hybridized carbons (Fsp3) is 0.357. The van der Waals surface area contributed by atoms with Crippen LogP contribution in [0.25, 0.3) is 0 Å². The third kappa shape index (κ3) is 3.54. The van der Waals surface area contributed by atoms with Crippen LogP contribution in [-0.4, -0.2) is 27.0 Å². The minimum Gasteiger partial charge on any atom is -0.481 e. The van der Waals surface area contributed by atoms with Crippen LogP contribution in [0.2, 0.25) is 0 Å². The number of carboxylic acids is 1. The van der Waals surface area contributed by atoms with Gasteiger partial charge in [0, 0.05) is 0 Å². The van der Waals surface area contributed by atoms with E-state index in [9.17, 15) is 4.79 Å². The van der Waals surface area contributed by atoms with Crippen molar-refractivity contribution < 1.29 is 9.90 Å². The van der Waals surface area contributed by atoms with E-state index in [2.05, 4.69) is 39.8 Å². The van der Waals surface area contributed by atoms with Gasteiger partial charge in [0.15, 0.2) is 4.34 Å². The molecule has 0 aliphatic heterocycles. The number of fused-ring (bicyclic) bond motifs is 1. The fourth-order valence-corrected chi connectivity index (χ4v) is 4.03. The van der Waals surface area contributed by atoms with Crippen LogP contribution in [0, 0.1) is 0 Å². The molecule has 3 rings (SSSR count). The molecule has 110 valence electrons. The standard InChI is InChI=1S/C14H15N3O2S2/c18-12(19)8-20-14-17-16-13(21-14)15-11-7-3-5-9-4-1-2-6-10(9)11/h1-2,4,6,11H,3,5,7-8H2,(H,15,16)(H,18,19). The van der Waals surface area contributed by atoms with Crippen molar-refractivity contribution in [1.29, 1.82) is 0 Å². The maximum absolute atomic E-state index is 10.6. The molecule has 2 N–H and O–H groups in total. The highest BCUT2D eigenvalue weighted by Gasteiger charge is 2.20. The molecule has 0 bridgehead atoms. The number of thioether (sulfide) groups is 1. The lowest BCUT2D eigenvalue weighted by Crippen LogP contribution is -2.17. The van der Waals surface area contributed by atoms with Crippen LogP contribution in [0.15, 0.2) is 28.6 Å². The molecule has 0 fully saturated rings. The number of nitrogens with one attached hydrogen (secondary N) is 1. The van der Waals surface area contributed by atoms with Crippen molar-refractivity contribution in [2.24, 2.45) is 0 Å². The van der Waals surface area contributed by atoms with E-state index in [1.165, 1.54) is 34.2 Å². The number of anilines is 1. The molecule has 0 amide bonds. The Morgan fingerprint density at radius 1 is 1.43 bits per heavy atom. The van der Waals surface area contributed by atoms with E-state index in [0.717, 1.165) is 24.4 Å². The highest BCUT2D eigenvalue weighted by molar-refractivity contribution is 8.01. The second-order valence-corrected chi connectivity index (χ2v) is 7.04. The first-order chi connectivity index (χ1) is 10.2. The lowest BCUT2D eigenvalue weighted by molar-refractivity contribution is -0.133. The van der Waals surface area contributed by atoms with Crippen LogP contribution < -0.4 is 5.32 Å². The van der Waals surface area contributed by atoms with Crippen molar-refractivity contribution in [2.45, 2.75) is 29.6 Å². The van der Waals surface area contributed by atoms with E-state index in [-0.39, 0.29) is 11.8 Å². The minimum atomic E-state index is -0.842. The van der Waals surface area contributed by atoms with Crippen LogP contribution in [0.4, 0.5) is 5.13 Å². The highest BCUT2D eigenvalue weighted by Crippen LogP contribution is 2.34. The lowest BCUT2D eigenvalue weighted by Gasteiger charge is -2.25. The second-order valence-electron chi connectivity index (χ2n) is 4.84. The molecule has 1 unspecified atom stereocenters. The van der Waals surface area contributed by atoms with E-state index >= 15 is 0 Å². The van der Waals surface area contributed by atoms with Crippen LogP contribution in [-0.2, 0) is 11.2 Å². The maximum atomic E-state index is 10.6. The van der Waals surface area contributed by atoms with Crippen LogP contribution in [0.5, 0.6) is 0 Å². The zero-order chi connectivity index (χ0) is 14.7. The van der Waals surface area contributed by atoms with Gasteiger partial charge in [-0.05, 0) is 30.4 Å². The van der Waals surface area contributed by atoms with E-state index < -0.39 is 5.97 Å². The Labute approximate surface area is 130 Å². The molecule has 0 saturated carbocycles. The Morgan fingerprint density at radius 3 is 3.14 bits per heavy atom. The minimum absolute atomic E-state index is 0.0148. The van der Waals surface area contributed by atoms with Gasteiger partial charge in [-0.25, -0.2) is 0 Å². The zero-order valence-electron chi connectivity index (χ0n) is 11.3. The third-order valence-corrected chi connectivity index (χ3v) is 5.37. The topological polar surface area (TPSA) is 75.1 Å². The summed E-state index contributed by atoms with van der Waals surface area (Å²) in [6.07, 6.45) is 3.37. The molecule has 21 heavy (non-hydrogen) atoms. The molecule has 1 aromatic carbocycles. The maximum Gasteiger partial charge on any atom is 0.313 e. The quantitative estimate of drug-likeness (QED) is 0.824. The Morgan fingerprint density at radius 2 is 2.29 bits per heavy atom. The summed E-state index contributed by atoms with van der Waals surface area (Å²) in [5.41, 5.74) is 2.73. The van der Waals surface area contributed by atoms with Gasteiger partial charge >= 0.3 is 5.97 Å². The molecule has 0 radical (unpaired) electrons. The zero-order valence-corrected chi connectivity index (χ0v) is 12.9. The molecule has 1 heterocycles. The Hall–Kier alpha value is -1.60. The number of benzene rings is 1. The average Bonchev–Trinajstić information content (AvgIpc) is 2.93. The van der Waals surface area contributed by atoms with Crippen molar-refractivity contribution in [3.8, 4) is 0 Å². The summed E-state index contributed by atoms with van der Waals surface area (Å²) in [5, 5.41) is 21.0. The third-order valence-electron chi connectivity index (χ3n) is 3.39. The van der Waals surface area contributed by atoms with Crippen LogP contribution in [0.1, 0.15) is 30.0 Å². The second kappa shape index (κ2) is 6.44. The molecule has 5 nitrogen and oxygen atoms in total. The Balaban J connectivity index is 1.69. The average molecular weight is 321 g/mol. The van der Waals surface area contributed by atoms with Gasteiger partial charge in [0.1, 0.15) is 0 Å². The molecule has 1 atom stereocenters. The predicted molar refractivity (Wildman–Crippen MR) is 84.0 cm³/mol. The number of hydrogen-bond acceptors (Lipinski definition) is 6. The molecule has 1 aromatic heterocycles. The first kappa shape index (κ1) is 14.3. The van der Waals surface area contributed by atoms with Crippen molar-refractivity contribution in [3.05, 3.63) is 35.4 Å². The summed E-state index contributed by atoms with van der Waals surface area (Å²) in [6, 6.07) is 8.74. The number of nitrogens with zero attached hydrogens (tertiary/aromatic N) is 2. The molecular weight excluding hydrogens is 306 g/mol. The highest BCUT2D eigenvalue weighted by atomic mass is 32.2. The summed E-state index contributed by atoms with van der Waals surface area (Å²) in [7, 11) is 0. The van der Waals surface area contributed by atoms with Crippen LogP contribution in [0.3, 0.4) is 0 Å². The van der Waals surface area contributed by atoms with Crippen molar-refractivity contribution >= 4 is 34.2 Å². The SMILES string of the molecule is O=C(O)CSc1nnc(NC2CCCc3ccccc32)s1. The Bertz CT molecular complexity index is 645. The first-order valence-electron chi connectivity index (χ1n) is 6.75. The number of rotatable bonds is 5. The monoisotopic (exact) mass is 321 g/mol. The molecule has 0 spiro atoms. The Kier molecular flexibility index (Phi) is 4.40. The van der Waals surface area contributed by atoms with Gasteiger partial charge in [-0.2, -0.15) is 0 Å². The normalized spacial score (nSPS) is 17.2. The summed E-state index contributed by atoms with van der Waals surface area (Å²) in [5.74, 6) is -0.827. The van der Waals surface area contributed by atoms with Gasteiger partial charge in [0.05, 0.1) is 11.8 Å². The van der Waals surface area contributed by atoms with E-state index in [1.807, 2.05) is 0 Å². The predicted octanol–water partition coefficient (Wildman–Crippen LogP) is 3.20. The first-order valence-corrected chi connectivity index (χ1v) is 8.55. The molecular formula is C14H15N3O2S2. The van der Waals surface area contributed by atoms with E-state index in [4.69, 9.17) is 5.11 Å². The van der Waals surface area contributed by atoms with Gasteiger partial charge in [-0.3, -0.25) is 4.79 Å². The lowest BCUT2D eigenvalue weighted by atomic mass is 9.88. The summed E-state index contributed by atoms with van der Waals surface area (Å²) in [6.45, 7) is 0. The van der Waals surface area contributed by atoms with Crippen LogP contribution >= 0.6 is 23.1 Å².